The third-order valence-electron chi connectivity index (χ3n) is 3.20. The number of hydrogen-bond acceptors (Lipinski definition) is 3. The highest BCUT2D eigenvalue weighted by atomic mass is 35.5. The smallest absolute Gasteiger partial charge is 0.226 e. The number of rotatable bonds is 5. The van der Waals surface area contributed by atoms with Crippen molar-refractivity contribution in [2.45, 2.75) is 26.4 Å². The molecule has 1 aromatic rings. The molecule has 0 bridgehead atoms. The zero-order valence-corrected chi connectivity index (χ0v) is 13.8. The number of ether oxygens (including phenoxy) is 1. The lowest BCUT2D eigenvalue weighted by Gasteiger charge is -2.24. The van der Waals surface area contributed by atoms with Crippen LogP contribution in [0.4, 0.5) is 0 Å². The van der Waals surface area contributed by atoms with E-state index in [1.54, 1.807) is 37.3 Å². The van der Waals surface area contributed by atoms with Crippen molar-refractivity contribution in [1.82, 2.24) is 4.90 Å². The lowest BCUT2D eigenvalue weighted by Crippen LogP contribution is -2.39. The van der Waals surface area contributed by atoms with Crippen LogP contribution in [0.2, 0.25) is 5.02 Å². The molecule has 1 aromatic carbocycles. The van der Waals surface area contributed by atoms with Gasteiger partial charge in [-0.1, -0.05) is 18.5 Å². The topological polar surface area (TPSA) is 55.6 Å². The summed E-state index contributed by atoms with van der Waals surface area (Å²) >= 11 is 5.97. The second-order valence-corrected chi connectivity index (χ2v) is 5.23. The van der Waals surface area contributed by atoms with Gasteiger partial charge in [-0.3, -0.25) is 4.79 Å². The van der Waals surface area contributed by atoms with Gasteiger partial charge in [-0.05, 0) is 25.1 Å². The quantitative estimate of drug-likeness (QED) is 0.907. The fourth-order valence-corrected chi connectivity index (χ4v) is 1.97. The van der Waals surface area contributed by atoms with Crippen LogP contribution < -0.4 is 10.5 Å². The highest BCUT2D eigenvalue weighted by Crippen LogP contribution is 2.24. The van der Waals surface area contributed by atoms with Gasteiger partial charge in [0.15, 0.2) is 0 Å². The second kappa shape index (κ2) is 8.35. The average Bonchev–Trinajstić information content (AvgIpc) is 2.37. The van der Waals surface area contributed by atoms with E-state index in [9.17, 15) is 4.79 Å². The Labute approximate surface area is 131 Å². The number of hydrogen-bond donors (Lipinski definition) is 1. The Morgan fingerprint density at radius 1 is 1.45 bits per heavy atom. The molecule has 0 aliphatic heterocycles. The molecule has 2 atom stereocenters. The maximum Gasteiger partial charge on any atom is 0.226 e. The third-order valence-corrected chi connectivity index (χ3v) is 3.44. The Hall–Kier alpha value is -0.970. The number of nitrogens with zero attached hydrogens (tertiary/aromatic N) is 1. The molecule has 6 heteroatoms. The summed E-state index contributed by atoms with van der Waals surface area (Å²) in [6.45, 7) is 4.11. The molecule has 2 N–H and O–H groups in total. The van der Waals surface area contributed by atoms with Gasteiger partial charge in [0.05, 0.1) is 13.0 Å². The molecule has 0 saturated carbocycles. The van der Waals surface area contributed by atoms with Crippen LogP contribution in [-0.4, -0.2) is 31.0 Å². The van der Waals surface area contributed by atoms with E-state index in [2.05, 4.69) is 0 Å². The molecule has 1 rings (SSSR count). The van der Waals surface area contributed by atoms with Crippen LogP contribution in [0.5, 0.6) is 5.75 Å². The Balaban J connectivity index is 0.00000361. The molecule has 4 nitrogen and oxygen atoms in total. The number of carbonyl (C=O) groups is 1. The van der Waals surface area contributed by atoms with Gasteiger partial charge in [-0.15, -0.1) is 12.4 Å². The fraction of sp³-hybridized carbons (Fsp3) is 0.500. The zero-order chi connectivity index (χ0) is 14.6. The lowest BCUT2D eigenvalue weighted by molar-refractivity contribution is -0.134. The predicted octanol–water partition coefficient (Wildman–Crippen LogP) is 2.71. The molecule has 0 fully saturated rings. The maximum absolute atomic E-state index is 12.1. The standard InChI is InChI=1S/C14H21ClN2O2.ClH/c1-9(10(2)16)14(18)17(3)8-11-7-12(15)5-6-13(11)19-4;/h5-7,9-10H,8,16H2,1-4H3;1H. The first-order valence-electron chi connectivity index (χ1n) is 6.19. The molecule has 0 aliphatic rings. The summed E-state index contributed by atoms with van der Waals surface area (Å²) in [6.07, 6.45) is 0. The van der Waals surface area contributed by atoms with E-state index in [-0.39, 0.29) is 30.3 Å². The number of methoxy groups -OCH3 is 1. The highest BCUT2D eigenvalue weighted by molar-refractivity contribution is 6.30. The molecule has 20 heavy (non-hydrogen) atoms. The van der Waals surface area contributed by atoms with Crippen LogP contribution >= 0.6 is 24.0 Å². The second-order valence-electron chi connectivity index (χ2n) is 4.80. The van der Waals surface area contributed by atoms with E-state index in [0.717, 1.165) is 11.3 Å². The third kappa shape index (κ3) is 4.85. The summed E-state index contributed by atoms with van der Waals surface area (Å²) in [7, 11) is 3.35. The Bertz CT molecular complexity index is 453. The Kier molecular flexibility index (Phi) is 7.94. The van der Waals surface area contributed by atoms with Crippen LogP contribution in [0.3, 0.4) is 0 Å². The summed E-state index contributed by atoms with van der Waals surface area (Å²) in [5, 5.41) is 0.622. The van der Waals surface area contributed by atoms with E-state index in [1.165, 1.54) is 0 Å². The fourth-order valence-electron chi connectivity index (χ4n) is 1.78. The Morgan fingerprint density at radius 3 is 2.55 bits per heavy atom. The van der Waals surface area contributed by atoms with E-state index >= 15 is 0 Å². The largest absolute Gasteiger partial charge is 0.496 e. The number of carbonyl (C=O) groups excluding carboxylic acids is 1. The van der Waals surface area contributed by atoms with Crippen molar-refractivity contribution in [3.8, 4) is 5.75 Å². The summed E-state index contributed by atoms with van der Waals surface area (Å²) < 4.78 is 5.27. The highest BCUT2D eigenvalue weighted by Gasteiger charge is 2.21. The van der Waals surface area contributed by atoms with Crippen molar-refractivity contribution in [1.29, 1.82) is 0 Å². The van der Waals surface area contributed by atoms with Crippen molar-refractivity contribution in [3.63, 3.8) is 0 Å². The predicted molar refractivity (Wildman–Crippen MR) is 84.5 cm³/mol. The Morgan fingerprint density at radius 2 is 2.05 bits per heavy atom. The van der Waals surface area contributed by atoms with Crippen LogP contribution in [0.15, 0.2) is 18.2 Å². The molecule has 0 radical (unpaired) electrons. The van der Waals surface area contributed by atoms with E-state index < -0.39 is 0 Å². The molecule has 2 unspecified atom stereocenters. The molecule has 0 spiro atoms. The minimum absolute atomic E-state index is 0. The van der Waals surface area contributed by atoms with Gasteiger partial charge in [0.1, 0.15) is 5.75 Å². The van der Waals surface area contributed by atoms with Crippen LogP contribution in [0.25, 0.3) is 0 Å². The minimum atomic E-state index is -0.213. The SMILES string of the molecule is COc1ccc(Cl)cc1CN(C)C(=O)C(C)C(C)N.Cl. The van der Waals surface area contributed by atoms with Crippen molar-refractivity contribution in [2.75, 3.05) is 14.2 Å². The average molecular weight is 321 g/mol. The summed E-state index contributed by atoms with van der Waals surface area (Å²) in [4.78, 5) is 13.8. The normalized spacial score (nSPS) is 13.1. The first kappa shape index (κ1) is 19.0. The van der Waals surface area contributed by atoms with Gasteiger partial charge >= 0.3 is 0 Å². The number of halogens is 2. The van der Waals surface area contributed by atoms with Gasteiger partial charge < -0.3 is 15.4 Å². The van der Waals surface area contributed by atoms with Gasteiger partial charge in [0.25, 0.3) is 0 Å². The number of amides is 1. The molecule has 0 aromatic heterocycles. The first-order chi connectivity index (χ1) is 8.86. The van der Waals surface area contributed by atoms with Crippen LogP contribution in [0.1, 0.15) is 19.4 Å². The van der Waals surface area contributed by atoms with E-state index in [1.807, 2.05) is 13.8 Å². The molecule has 0 heterocycles. The van der Waals surface area contributed by atoms with Crippen LogP contribution in [-0.2, 0) is 11.3 Å². The van der Waals surface area contributed by atoms with Crippen molar-refractivity contribution >= 4 is 29.9 Å². The molecule has 0 saturated heterocycles. The monoisotopic (exact) mass is 320 g/mol. The van der Waals surface area contributed by atoms with Crippen molar-refractivity contribution in [2.24, 2.45) is 11.7 Å². The summed E-state index contributed by atoms with van der Waals surface area (Å²) in [5.74, 6) is 0.518. The van der Waals surface area contributed by atoms with Crippen molar-refractivity contribution < 1.29 is 9.53 Å². The number of benzene rings is 1. The van der Waals surface area contributed by atoms with Crippen LogP contribution in [0, 0.1) is 5.92 Å². The van der Waals surface area contributed by atoms with Crippen molar-refractivity contribution in [3.05, 3.63) is 28.8 Å². The van der Waals surface area contributed by atoms with E-state index in [0.29, 0.717) is 11.6 Å². The molecular formula is C14H22Cl2N2O2. The molecule has 114 valence electrons. The van der Waals surface area contributed by atoms with E-state index in [4.69, 9.17) is 22.1 Å². The first-order valence-corrected chi connectivity index (χ1v) is 6.57. The van der Waals surface area contributed by atoms with Gasteiger partial charge in [-0.25, -0.2) is 0 Å². The summed E-state index contributed by atoms with van der Waals surface area (Å²) in [6, 6.07) is 5.19. The lowest BCUT2D eigenvalue weighted by atomic mass is 10.0. The van der Waals surface area contributed by atoms with Gasteiger partial charge in [0.2, 0.25) is 5.91 Å². The zero-order valence-electron chi connectivity index (χ0n) is 12.2. The van der Waals surface area contributed by atoms with Gasteiger partial charge in [-0.2, -0.15) is 0 Å². The summed E-state index contributed by atoms with van der Waals surface area (Å²) in [5.41, 5.74) is 6.63. The maximum atomic E-state index is 12.1. The van der Waals surface area contributed by atoms with Gasteiger partial charge in [0, 0.05) is 30.2 Å². The molecule has 0 aliphatic carbocycles. The molecular weight excluding hydrogens is 299 g/mol. The number of nitrogens with two attached hydrogens (primary N) is 1. The minimum Gasteiger partial charge on any atom is -0.496 e. The molecule has 1 amide bonds.